The van der Waals surface area contributed by atoms with Gasteiger partial charge in [-0.3, -0.25) is 4.79 Å². The lowest BCUT2D eigenvalue weighted by Crippen LogP contribution is -2.48. The number of aromatic nitrogens is 1. The highest BCUT2D eigenvalue weighted by Gasteiger charge is 2.39. The molecule has 1 saturated heterocycles. The first-order chi connectivity index (χ1) is 9.81. The van der Waals surface area contributed by atoms with Crippen molar-refractivity contribution < 1.29 is 13.2 Å². The van der Waals surface area contributed by atoms with Gasteiger partial charge >= 0.3 is 0 Å². The van der Waals surface area contributed by atoms with Crippen LogP contribution in [0.25, 0.3) is 0 Å². The first-order valence-electron chi connectivity index (χ1n) is 6.73. The molecule has 116 valence electrons. The van der Waals surface area contributed by atoms with Gasteiger partial charge in [0.15, 0.2) is 0 Å². The van der Waals surface area contributed by atoms with E-state index in [1.54, 1.807) is 18.3 Å². The lowest BCUT2D eigenvalue weighted by atomic mass is 10.0. The Morgan fingerprint density at radius 1 is 1.48 bits per heavy atom. The Morgan fingerprint density at radius 2 is 2.19 bits per heavy atom. The van der Waals surface area contributed by atoms with Crippen LogP contribution in [0.4, 0.5) is 5.82 Å². The van der Waals surface area contributed by atoms with Gasteiger partial charge in [0.2, 0.25) is 15.9 Å². The number of carbonyl (C=O) groups excluding carboxylic acids is 1. The van der Waals surface area contributed by atoms with E-state index in [0.29, 0.717) is 18.8 Å². The van der Waals surface area contributed by atoms with E-state index in [4.69, 9.17) is 0 Å². The van der Waals surface area contributed by atoms with Crippen LogP contribution in [0.1, 0.15) is 20.3 Å². The minimum Gasteiger partial charge on any atom is -0.309 e. The minimum absolute atomic E-state index is 0.110. The Kier molecular flexibility index (Phi) is 5.00. The van der Waals surface area contributed by atoms with Crippen LogP contribution in [0.2, 0.25) is 0 Å². The van der Waals surface area contributed by atoms with Gasteiger partial charge in [0.25, 0.3) is 0 Å². The van der Waals surface area contributed by atoms with Crippen LogP contribution >= 0.6 is 15.9 Å². The van der Waals surface area contributed by atoms with E-state index in [-0.39, 0.29) is 17.6 Å². The van der Waals surface area contributed by atoms with E-state index in [0.717, 1.165) is 4.47 Å². The third-order valence-electron chi connectivity index (χ3n) is 3.32. The fourth-order valence-corrected chi connectivity index (χ4v) is 4.57. The molecular formula is C13H18BrN3O3S. The number of sulfonamides is 1. The number of carbonyl (C=O) groups is 1. The van der Waals surface area contributed by atoms with Crippen molar-refractivity contribution in [2.45, 2.75) is 26.3 Å². The number of amides is 1. The minimum atomic E-state index is -3.33. The quantitative estimate of drug-likeness (QED) is 0.870. The molecule has 8 heteroatoms. The summed E-state index contributed by atoms with van der Waals surface area (Å²) in [6, 6.07) is 2.71. The summed E-state index contributed by atoms with van der Waals surface area (Å²) >= 11 is 3.30. The molecule has 6 nitrogen and oxygen atoms in total. The zero-order valence-electron chi connectivity index (χ0n) is 11.9. The third-order valence-corrected chi connectivity index (χ3v) is 5.74. The second kappa shape index (κ2) is 6.41. The molecule has 0 unspecified atom stereocenters. The van der Waals surface area contributed by atoms with Crippen molar-refractivity contribution in [3.63, 3.8) is 0 Å². The van der Waals surface area contributed by atoms with Gasteiger partial charge in [-0.25, -0.2) is 13.4 Å². The number of nitrogens with one attached hydrogen (secondary N) is 1. The lowest BCUT2D eigenvalue weighted by Gasteiger charge is -2.28. The van der Waals surface area contributed by atoms with Gasteiger partial charge < -0.3 is 5.32 Å². The van der Waals surface area contributed by atoms with Gasteiger partial charge in [-0.2, -0.15) is 4.31 Å². The van der Waals surface area contributed by atoms with Crippen molar-refractivity contribution in [3.05, 3.63) is 22.8 Å². The third kappa shape index (κ3) is 3.81. The molecule has 0 saturated carbocycles. The molecule has 1 amide bonds. The highest BCUT2D eigenvalue weighted by atomic mass is 79.9. The molecule has 1 atom stereocenters. The van der Waals surface area contributed by atoms with Crippen molar-refractivity contribution >= 4 is 37.7 Å². The Balaban J connectivity index is 2.21. The van der Waals surface area contributed by atoms with Crippen LogP contribution in [0.5, 0.6) is 0 Å². The van der Waals surface area contributed by atoms with Gasteiger partial charge in [0.1, 0.15) is 11.9 Å². The molecule has 1 aliphatic heterocycles. The molecule has 1 aliphatic rings. The topological polar surface area (TPSA) is 79.4 Å². The second-order valence-corrected chi connectivity index (χ2v) is 8.27. The van der Waals surface area contributed by atoms with Crippen LogP contribution in [0, 0.1) is 5.92 Å². The second-order valence-electron chi connectivity index (χ2n) is 5.32. The predicted octanol–water partition coefficient (Wildman–Crippen LogP) is 1.84. The zero-order chi connectivity index (χ0) is 15.6. The zero-order valence-corrected chi connectivity index (χ0v) is 14.3. The number of hydrogen-bond acceptors (Lipinski definition) is 4. The maximum absolute atomic E-state index is 12.5. The first-order valence-corrected chi connectivity index (χ1v) is 9.13. The average molecular weight is 376 g/mol. The van der Waals surface area contributed by atoms with Crippen molar-refractivity contribution in [1.82, 2.24) is 9.29 Å². The van der Waals surface area contributed by atoms with Gasteiger partial charge in [-0.15, -0.1) is 0 Å². The molecule has 1 N–H and O–H groups in total. The largest absolute Gasteiger partial charge is 0.309 e. The molecule has 2 rings (SSSR count). The molecule has 0 bridgehead atoms. The maximum Gasteiger partial charge on any atom is 0.244 e. The van der Waals surface area contributed by atoms with Gasteiger partial charge in [-0.1, -0.05) is 29.8 Å². The van der Waals surface area contributed by atoms with Crippen molar-refractivity contribution in [2.24, 2.45) is 5.92 Å². The van der Waals surface area contributed by atoms with Crippen LogP contribution in [0.15, 0.2) is 22.8 Å². The number of rotatable bonds is 4. The van der Waals surface area contributed by atoms with E-state index in [1.165, 1.54) is 4.31 Å². The number of nitrogens with zero attached hydrogens (tertiary/aromatic N) is 2. The Morgan fingerprint density at radius 3 is 2.71 bits per heavy atom. The number of halogens is 1. The molecular weight excluding hydrogens is 358 g/mol. The molecule has 0 radical (unpaired) electrons. The standard InChI is InChI=1S/C13H18BrN3O3S/c1-9(2)12(17-6-3-7-21(17,19)20)13(18)16-11-8-10(14)4-5-15-11/h4-5,8-9,12H,3,6-7H2,1-2H3,(H,15,16,18)/t12-/m1/s1. The van der Waals surface area contributed by atoms with Crippen molar-refractivity contribution in [1.29, 1.82) is 0 Å². The van der Waals surface area contributed by atoms with Crippen molar-refractivity contribution in [2.75, 3.05) is 17.6 Å². The number of pyridine rings is 1. The summed E-state index contributed by atoms with van der Waals surface area (Å²) in [6.07, 6.45) is 2.13. The number of anilines is 1. The average Bonchev–Trinajstić information content (AvgIpc) is 2.69. The van der Waals surface area contributed by atoms with Crippen LogP contribution in [0.3, 0.4) is 0 Å². The van der Waals surface area contributed by atoms with E-state index >= 15 is 0 Å². The summed E-state index contributed by atoms with van der Waals surface area (Å²) in [7, 11) is -3.33. The van der Waals surface area contributed by atoms with Crippen molar-refractivity contribution in [3.8, 4) is 0 Å². The molecule has 0 spiro atoms. The van der Waals surface area contributed by atoms with Crippen LogP contribution in [-0.4, -0.2) is 42.0 Å². The SMILES string of the molecule is CC(C)[C@H](C(=O)Nc1cc(Br)ccn1)N1CCCS1(=O)=O. The lowest BCUT2D eigenvalue weighted by molar-refractivity contribution is -0.120. The molecule has 1 aromatic heterocycles. The Bertz CT molecular complexity index is 633. The van der Waals surface area contributed by atoms with Gasteiger partial charge in [-0.05, 0) is 24.5 Å². The van der Waals surface area contributed by atoms with Gasteiger partial charge in [0.05, 0.1) is 5.75 Å². The number of hydrogen-bond donors (Lipinski definition) is 1. The summed E-state index contributed by atoms with van der Waals surface area (Å²) < 4.78 is 26.2. The molecule has 21 heavy (non-hydrogen) atoms. The highest BCUT2D eigenvalue weighted by molar-refractivity contribution is 9.10. The molecule has 0 aliphatic carbocycles. The molecule has 0 aromatic carbocycles. The summed E-state index contributed by atoms with van der Waals surface area (Å²) in [5, 5.41) is 2.69. The summed E-state index contributed by atoms with van der Waals surface area (Å²) in [6.45, 7) is 4.07. The predicted molar refractivity (Wildman–Crippen MR) is 84.3 cm³/mol. The molecule has 2 heterocycles. The summed E-state index contributed by atoms with van der Waals surface area (Å²) in [5.41, 5.74) is 0. The molecule has 1 aromatic rings. The van der Waals surface area contributed by atoms with E-state index in [1.807, 2.05) is 13.8 Å². The van der Waals surface area contributed by atoms with Crippen LogP contribution in [-0.2, 0) is 14.8 Å². The Labute approximate surface area is 133 Å². The Hall–Kier alpha value is -0.990. The van der Waals surface area contributed by atoms with E-state index in [2.05, 4.69) is 26.2 Å². The highest BCUT2D eigenvalue weighted by Crippen LogP contribution is 2.23. The summed E-state index contributed by atoms with van der Waals surface area (Å²) in [5.74, 6) is 0.0428. The smallest absolute Gasteiger partial charge is 0.244 e. The van der Waals surface area contributed by atoms with Gasteiger partial charge in [0, 0.05) is 17.2 Å². The fourth-order valence-electron chi connectivity index (χ4n) is 2.41. The van der Waals surface area contributed by atoms with E-state index in [9.17, 15) is 13.2 Å². The van der Waals surface area contributed by atoms with E-state index < -0.39 is 16.1 Å². The first kappa shape index (κ1) is 16.4. The summed E-state index contributed by atoms with van der Waals surface area (Å²) in [4.78, 5) is 16.5. The van der Waals surface area contributed by atoms with Crippen LogP contribution < -0.4 is 5.32 Å². The fraction of sp³-hybridized carbons (Fsp3) is 0.538. The molecule has 1 fully saturated rings. The normalized spacial score (nSPS) is 19.6. The monoisotopic (exact) mass is 375 g/mol. The maximum atomic E-state index is 12.5.